The van der Waals surface area contributed by atoms with Crippen LogP contribution in [0.25, 0.3) is 22.4 Å². The van der Waals surface area contributed by atoms with Crippen LogP contribution in [0.2, 0.25) is 0 Å². The highest BCUT2D eigenvalue weighted by Crippen LogP contribution is 2.37. The van der Waals surface area contributed by atoms with E-state index < -0.39 is 0 Å². The van der Waals surface area contributed by atoms with Gasteiger partial charge in [-0.25, -0.2) is 4.39 Å². The number of nitrogens with two attached hydrogens (primary N) is 1. The van der Waals surface area contributed by atoms with Crippen molar-refractivity contribution in [3.63, 3.8) is 0 Å². The number of anilines is 1. The molecule has 0 amide bonds. The zero-order valence-corrected chi connectivity index (χ0v) is 12.9. The molecule has 106 valence electrons. The van der Waals surface area contributed by atoms with Gasteiger partial charge in [0.2, 0.25) is 0 Å². The summed E-state index contributed by atoms with van der Waals surface area (Å²) in [6.45, 7) is 2.01. The van der Waals surface area contributed by atoms with Crippen molar-refractivity contribution in [2.24, 2.45) is 0 Å². The third-order valence-electron chi connectivity index (χ3n) is 3.40. The molecule has 5 heteroatoms. The molecule has 0 aliphatic carbocycles. The standard InChI is InChI=1S/C16H13BrFN3/c1-9-6-7-10(8-12(9)17)15-14(16(19)21-20-15)11-4-2-3-5-13(11)18/h2-8H,1H3,(H3,19,20,21). The highest BCUT2D eigenvalue weighted by atomic mass is 79.9. The molecule has 21 heavy (non-hydrogen) atoms. The van der Waals surface area contributed by atoms with E-state index in [1.54, 1.807) is 18.2 Å². The number of nitrogen functional groups attached to an aromatic ring is 1. The van der Waals surface area contributed by atoms with E-state index in [0.29, 0.717) is 16.8 Å². The molecule has 0 saturated carbocycles. The van der Waals surface area contributed by atoms with Gasteiger partial charge in [-0.2, -0.15) is 5.10 Å². The fourth-order valence-corrected chi connectivity index (χ4v) is 2.63. The Balaban J connectivity index is 2.22. The molecule has 1 heterocycles. The van der Waals surface area contributed by atoms with Crippen molar-refractivity contribution in [3.05, 3.63) is 58.3 Å². The Morgan fingerprint density at radius 2 is 1.95 bits per heavy atom. The third-order valence-corrected chi connectivity index (χ3v) is 4.25. The van der Waals surface area contributed by atoms with Crippen LogP contribution < -0.4 is 5.73 Å². The van der Waals surface area contributed by atoms with Gasteiger partial charge in [0.15, 0.2) is 5.82 Å². The van der Waals surface area contributed by atoms with Gasteiger partial charge in [0.05, 0.1) is 11.3 Å². The zero-order valence-electron chi connectivity index (χ0n) is 11.3. The zero-order chi connectivity index (χ0) is 15.0. The van der Waals surface area contributed by atoms with E-state index in [2.05, 4.69) is 26.1 Å². The Hall–Kier alpha value is -2.14. The van der Waals surface area contributed by atoms with Crippen molar-refractivity contribution >= 4 is 21.7 Å². The average Bonchev–Trinajstić information content (AvgIpc) is 2.84. The van der Waals surface area contributed by atoms with Crippen molar-refractivity contribution in [2.75, 3.05) is 5.73 Å². The SMILES string of the molecule is Cc1ccc(-c2[nH]nc(N)c2-c2ccccc2F)cc1Br. The smallest absolute Gasteiger partial charge is 0.153 e. The predicted molar refractivity (Wildman–Crippen MR) is 86.3 cm³/mol. The Morgan fingerprint density at radius 3 is 2.67 bits per heavy atom. The maximum absolute atomic E-state index is 14.1. The lowest BCUT2D eigenvalue weighted by Crippen LogP contribution is -1.91. The predicted octanol–water partition coefficient (Wildman–Crippen LogP) is 4.54. The first-order chi connectivity index (χ1) is 10.1. The van der Waals surface area contributed by atoms with Gasteiger partial charge >= 0.3 is 0 Å². The summed E-state index contributed by atoms with van der Waals surface area (Å²) in [6, 6.07) is 12.4. The maximum atomic E-state index is 14.1. The number of H-pyrrole nitrogens is 1. The average molecular weight is 346 g/mol. The molecule has 3 rings (SSSR count). The van der Waals surface area contributed by atoms with E-state index in [-0.39, 0.29) is 11.6 Å². The van der Waals surface area contributed by atoms with Crippen molar-refractivity contribution < 1.29 is 4.39 Å². The lowest BCUT2D eigenvalue weighted by atomic mass is 10.00. The second-order valence-electron chi connectivity index (χ2n) is 4.80. The summed E-state index contributed by atoms with van der Waals surface area (Å²) in [5.74, 6) is -0.0372. The molecule has 3 aromatic rings. The fourth-order valence-electron chi connectivity index (χ4n) is 2.25. The third kappa shape index (κ3) is 2.45. The van der Waals surface area contributed by atoms with E-state index in [1.165, 1.54) is 6.07 Å². The summed E-state index contributed by atoms with van der Waals surface area (Å²) in [5, 5.41) is 6.93. The van der Waals surface area contributed by atoms with Gasteiger partial charge in [-0.1, -0.05) is 46.3 Å². The van der Waals surface area contributed by atoms with Crippen LogP contribution >= 0.6 is 15.9 Å². The number of aryl methyl sites for hydroxylation is 1. The molecule has 0 saturated heterocycles. The van der Waals surface area contributed by atoms with Crippen molar-refractivity contribution in [1.82, 2.24) is 10.2 Å². The monoisotopic (exact) mass is 345 g/mol. The van der Waals surface area contributed by atoms with Crippen LogP contribution in [0.5, 0.6) is 0 Å². The van der Waals surface area contributed by atoms with E-state index in [4.69, 9.17) is 5.73 Å². The molecular weight excluding hydrogens is 333 g/mol. The first kappa shape index (κ1) is 13.8. The molecule has 0 bridgehead atoms. The Bertz CT molecular complexity index is 811. The van der Waals surface area contributed by atoms with Crippen LogP contribution in [-0.2, 0) is 0 Å². The fraction of sp³-hybridized carbons (Fsp3) is 0.0625. The summed E-state index contributed by atoms with van der Waals surface area (Å²) < 4.78 is 15.0. The number of hydrogen-bond acceptors (Lipinski definition) is 2. The van der Waals surface area contributed by atoms with Gasteiger partial charge in [0.1, 0.15) is 5.82 Å². The van der Waals surface area contributed by atoms with Crippen LogP contribution in [0.15, 0.2) is 46.9 Å². The molecule has 0 unspecified atom stereocenters. The molecular formula is C16H13BrFN3. The van der Waals surface area contributed by atoms with E-state index in [0.717, 1.165) is 15.6 Å². The minimum atomic E-state index is -0.321. The van der Waals surface area contributed by atoms with Crippen molar-refractivity contribution in [1.29, 1.82) is 0 Å². The number of aromatic amines is 1. The molecule has 3 N–H and O–H groups in total. The first-order valence-electron chi connectivity index (χ1n) is 6.43. The lowest BCUT2D eigenvalue weighted by molar-refractivity contribution is 0.631. The van der Waals surface area contributed by atoms with Gasteiger partial charge < -0.3 is 5.73 Å². The number of nitrogens with one attached hydrogen (secondary N) is 1. The number of benzene rings is 2. The van der Waals surface area contributed by atoms with Gasteiger partial charge in [0, 0.05) is 15.6 Å². The highest BCUT2D eigenvalue weighted by molar-refractivity contribution is 9.10. The first-order valence-corrected chi connectivity index (χ1v) is 7.22. The number of hydrogen-bond donors (Lipinski definition) is 2. The Labute approximate surface area is 130 Å². The Morgan fingerprint density at radius 1 is 1.19 bits per heavy atom. The molecule has 1 aromatic heterocycles. The normalized spacial score (nSPS) is 10.8. The lowest BCUT2D eigenvalue weighted by Gasteiger charge is -2.07. The molecule has 0 spiro atoms. The van der Waals surface area contributed by atoms with E-state index in [1.807, 2.05) is 25.1 Å². The summed E-state index contributed by atoms with van der Waals surface area (Å²) in [6.07, 6.45) is 0. The number of nitrogens with zero attached hydrogens (tertiary/aromatic N) is 1. The van der Waals surface area contributed by atoms with Crippen LogP contribution in [0.4, 0.5) is 10.2 Å². The summed E-state index contributed by atoms with van der Waals surface area (Å²) in [4.78, 5) is 0. The molecule has 0 atom stereocenters. The van der Waals surface area contributed by atoms with Gasteiger partial charge in [-0.05, 0) is 24.6 Å². The van der Waals surface area contributed by atoms with Crippen LogP contribution in [0.3, 0.4) is 0 Å². The summed E-state index contributed by atoms with van der Waals surface area (Å²) in [7, 11) is 0. The van der Waals surface area contributed by atoms with Crippen molar-refractivity contribution in [2.45, 2.75) is 6.92 Å². The van der Waals surface area contributed by atoms with Crippen LogP contribution in [-0.4, -0.2) is 10.2 Å². The van der Waals surface area contributed by atoms with E-state index in [9.17, 15) is 4.39 Å². The minimum Gasteiger partial charge on any atom is -0.382 e. The second-order valence-corrected chi connectivity index (χ2v) is 5.66. The second kappa shape index (κ2) is 5.33. The molecule has 2 aromatic carbocycles. The quantitative estimate of drug-likeness (QED) is 0.716. The number of halogens is 2. The van der Waals surface area contributed by atoms with Crippen molar-refractivity contribution in [3.8, 4) is 22.4 Å². The highest BCUT2D eigenvalue weighted by Gasteiger charge is 2.17. The number of rotatable bonds is 2. The summed E-state index contributed by atoms with van der Waals surface area (Å²) >= 11 is 3.51. The van der Waals surface area contributed by atoms with Crippen LogP contribution in [0.1, 0.15) is 5.56 Å². The maximum Gasteiger partial charge on any atom is 0.153 e. The Kier molecular flexibility index (Phi) is 3.51. The largest absolute Gasteiger partial charge is 0.382 e. The molecule has 0 aliphatic rings. The van der Waals surface area contributed by atoms with Gasteiger partial charge in [0.25, 0.3) is 0 Å². The minimum absolute atomic E-state index is 0.284. The van der Waals surface area contributed by atoms with E-state index >= 15 is 0 Å². The molecule has 0 aliphatic heterocycles. The van der Waals surface area contributed by atoms with Gasteiger partial charge in [-0.15, -0.1) is 0 Å². The molecule has 3 nitrogen and oxygen atoms in total. The molecule has 0 fully saturated rings. The van der Waals surface area contributed by atoms with Crippen LogP contribution in [0, 0.1) is 12.7 Å². The molecule has 0 radical (unpaired) electrons. The van der Waals surface area contributed by atoms with Gasteiger partial charge in [-0.3, -0.25) is 5.10 Å². The summed E-state index contributed by atoms with van der Waals surface area (Å²) in [5.41, 5.74) is 9.68. The number of aromatic nitrogens is 2. The topological polar surface area (TPSA) is 54.7 Å².